The van der Waals surface area contributed by atoms with Crippen LogP contribution in [0.4, 0.5) is 10.1 Å². The first-order valence-corrected chi connectivity index (χ1v) is 13.2. The summed E-state index contributed by atoms with van der Waals surface area (Å²) >= 11 is 5.57. The zero-order valence-corrected chi connectivity index (χ0v) is 21.4. The number of benzene rings is 2. The number of nitrogens with zero attached hydrogens (tertiary/aromatic N) is 2. The van der Waals surface area contributed by atoms with Crippen LogP contribution in [-0.2, 0) is 4.79 Å². The smallest absolute Gasteiger partial charge is 0.252 e. The van der Waals surface area contributed by atoms with Gasteiger partial charge < -0.3 is 29.9 Å². The van der Waals surface area contributed by atoms with Gasteiger partial charge in [0.1, 0.15) is 11.9 Å². The minimum Gasteiger partial charge on any atom is -0.454 e. The third kappa shape index (κ3) is 5.95. The van der Waals surface area contributed by atoms with Gasteiger partial charge in [0.25, 0.3) is 5.91 Å². The van der Waals surface area contributed by atoms with Crippen LogP contribution in [0.25, 0.3) is 0 Å². The molecule has 1 atom stereocenters. The lowest BCUT2D eigenvalue weighted by atomic mass is 9.88. The van der Waals surface area contributed by atoms with Crippen molar-refractivity contribution >= 4 is 34.8 Å². The third-order valence-electron chi connectivity index (χ3n) is 7.25. The number of carbonyl (C=O) groups excluding carboxylic acids is 2. The van der Waals surface area contributed by atoms with E-state index in [-0.39, 0.29) is 30.3 Å². The van der Waals surface area contributed by atoms with Crippen LogP contribution in [0, 0.1) is 11.7 Å². The van der Waals surface area contributed by atoms with E-state index in [9.17, 15) is 14.0 Å². The molecule has 0 radical (unpaired) electrons. The predicted molar refractivity (Wildman–Crippen MR) is 141 cm³/mol. The van der Waals surface area contributed by atoms with Crippen molar-refractivity contribution < 1.29 is 23.5 Å². The summed E-state index contributed by atoms with van der Waals surface area (Å²) in [6.45, 7) is 2.88. The van der Waals surface area contributed by atoms with Crippen molar-refractivity contribution in [2.75, 3.05) is 38.3 Å². The van der Waals surface area contributed by atoms with Crippen molar-refractivity contribution in [3.63, 3.8) is 0 Å². The molecule has 10 heteroatoms. The normalized spacial score (nSPS) is 18.3. The van der Waals surface area contributed by atoms with Crippen LogP contribution in [0.2, 0.25) is 0 Å². The molecule has 2 N–H and O–H groups in total. The van der Waals surface area contributed by atoms with E-state index in [4.69, 9.17) is 21.7 Å². The van der Waals surface area contributed by atoms with E-state index in [0.717, 1.165) is 38.0 Å². The molecular weight excluding hydrogens is 495 g/mol. The summed E-state index contributed by atoms with van der Waals surface area (Å²) in [7, 11) is 0. The molecule has 3 aliphatic heterocycles. The molecule has 2 aromatic carbocycles. The molecule has 2 fully saturated rings. The second-order valence-electron chi connectivity index (χ2n) is 9.67. The number of anilines is 1. The van der Waals surface area contributed by atoms with Gasteiger partial charge in [0.2, 0.25) is 12.7 Å². The topological polar surface area (TPSA) is 83.1 Å². The number of hydrogen-bond acceptors (Lipinski definition) is 5. The molecule has 0 spiro atoms. The van der Waals surface area contributed by atoms with Crippen molar-refractivity contribution in [1.82, 2.24) is 15.1 Å². The summed E-state index contributed by atoms with van der Waals surface area (Å²) in [5, 5.41) is 6.77. The highest BCUT2D eigenvalue weighted by atomic mass is 32.1. The van der Waals surface area contributed by atoms with E-state index in [1.165, 1.54) is 12.1 Å². The van der Waals surface area contributed by atoms with Gasteiger partial charge in [0.05, 0.1) is 0 Å². The van der Waals surface area contributed by atoms with Crippen molar-refractivity contribution in [2.24, 2.45) is 5.92 Å². The van der Waals surface area contributed by atoms with Gasteiger partial charge in [-0.2, -0.15) is 0 Å². The first-order chi connectivity index (χ1) is 18.0. The maximum Gasteiger partial charge on any atom is 0.252 e. The van der Waals surface area contributed by atoms with Gasteiger partial charge in [0.15, 0.2) is 16.6 Å². The van der Waals surface area contributed by atoms with E-state index in [1.807, 2.05) is 4.90 Å². The maximum atomic E-state index is 13.6. The Kier molecular flexibility index (Phi) is 7.73. The number of rotatable bonds is 5. The molecule has 0 aromatic heterocycles. The second-order valence-corrected chi connectivity index (χ2v) is 10.1. The first kappa shape index (κ1) is 25.3. The number of amides is 2. The maximum absolute atomic E-state index is 13.6. The Hall–Kier alpha value is -3.40. The number of fused-ring (bicyclic) bond motifs is 1. The summed E-state index contributed by atoms with van der Waals surface area (Å²) in [6, 6.07) is 10.5. The Bertz CT molecular complexity index is 1150. The predicted octanol–water partition coefficient (Wildman–Crippen LogP) is 3.77. The van der Waals surface area contributed by atoms with Crippen LogP contribution in [0.15, 0.2) is 42.5 Å². The number of likely N-dealkylation sites (tertiary alicyclic amines) is 2. The molecule has 3 heterocycles. The van der Waals surface area contributed by atoms with Gasteiger partial charge >= 0.3 is 0 Å². The van der Waals surface area contributed by atoms with Crippen molar-refractivity contribution in [3.8, 4) is 11.5 Å². The summed E-state index contributed by atoms with van der Waals surface area (Å²) in [5.41, 5.74) is 1.16. The standard InChI is InChI=1S/C27H31FN4O4S/c28-20-5-7-21(8-6-20)29-27(37)32-14-10-18(11-15-32)24(26(34)31-12-2-1-3-13-31)30-25(33)19-4-9-22-23(16-19)36-17-35-22/h4-9,16,18,24H,1-3,10-15,17H2,(H,29,37)(H,30,33)/t24-/m1/s1. The van der Waals surface area contributed by atoms with Gasteiger partial charge in [-0.05, 0) is 92.7 Å². The SMILES string of the molecule is O=C(N[C@@H](C(=O)N1CCCCC1)C1CCN(C(=S)Nc2ccc(F)cc2)CC1)c1ccc2c(c1)OCO2. The summed E-state index contributed by atoms with van der Waals surface area (Å²) in [5.74, 6) is 0.503. The fourth-order valence-corrected chi connectivity index (χ4v) is 5.43. The Balaban J connectivity index is 1.25. The van der Waals surface area contributed by atoms with Crippen LogP contribution >= 0.6 is 12.2 Å². The highest BCUT2D eigenvalue weighted by molar-refractivity contribution is 7.80. The lowest BCUT2D eigenvalue weighted by Crippen LogP contribution is -2.55. The van der Waals surface area contributed by atoms with Gasteiger partial charge in [-0.25, -0.2) is 4.39 Å². The fourth-order valence-electron chi connectivity index (χ4n) is 5.13. The largest absolute Gasteiger partial charge is 0.454 e. The van der Waals surface area contributed by atoms with Crippen LogP contribution < -0.4 is 20.1 Å². The quantitative estimate of drug-likeness (QED) is 0.574. The number of carbonyl (C=O) groups is 2. The minimum atomic E-state index is -0.614. The minimum absolute atomic E-state index is 0.0146. The Labute approximate surface area is 221 Å². The monoisotopic (exact) mass is 526 g/mol. The number of ether oxygens (including phenoxy) is 2. The molecule has 0 aliphatic carbocycles. The number of piperidine rings is 2. The lowest BCUT2D eigenvalue weighted by molar-refractivity contribution is -0.136. The third-order valence-corrected chi connectivity index (χ3v) is 7.61. The highest BCUT2D eigenvalue weighted by Gasteiger charge is 2.36. The average Bonchev–Trinajstić information content (AvgIpc) is 3.41. The molecule has 0 unspecified atom stereocenters. The van der Waals surface area contributed by atoms with Gasteiger partial charge in [-0.15, -0.1) is 0 Å². The first-order valence-electron chi connectivity index (χ1n) is 12.8. The summed E-state index contributed by atoms with van der Waals surface area (Å²) in [4.78, 5) is 30.8. The Morgan fingerprint density at radius 3 is 2.35 bits per heavy atom. The van der Waals surface area contributed by atoms with Gasteiger partial charge in [-0.1, -0.05) is 0 Å². The fraction of sp³-hybridized carbons (Fsp3) is 0.444. The number of thiocarbonyl (C=S) groups is 1. The zero-order valence-electron chi connectivity index (χ0n) is 20.6. The van der Waals surface area contributed by atoms with Crippen LogP contribution in [0.5, 0.6) is 11.5 Å². The second kappa shape index (κ2) is 11.3. The van der Waals surface area contributed by atoms with E-state index >= 15 is 0 Å². The lowest BCUT2D eigenvalue weighted by Gasteiger charge is -2.39. The van der Waals surface area contributed by atoms with Crippen molar-refractivity contribution in [1.29, 1.82) is 0 Å². The van der Waals surface area contributed by atoms with Crippen LogP contribution in [0.1, 0.15) is 42.5 Å². The van der Waals surface area contributed by atoms with E-state index in [2.05, 4.69) is 15.5 Å². The molecule has 2 aromatic rings. The highest BCUT2D eigenvalue weighted by Crippen LogP contribution is 2.33. The Morgan fingerprint density at radius 2 is 1.62 bits per heavy atom. The molecule has 37 heavy (non-hydrogen) atoms. The number of nitrogens with one attached hydrogen (secondary N) is 2. The molecule has 3 aliphatic rings. The van der Waals surface area contributed by atoms with Crippen molar-refractivity contribution in [2.45, 2.75) is 38.1 Å². The van der Waals surface area contributed by atoms with Gasteiger partial charge in [-0.3, -0.25) is 9.59 Å². The Morgan fingerprint density at radius 1 is 0.919 bits per heavy atom. The number of halogens is 1. The molecule has 2 saturated heterocycles. The summed E-state index contributed by atoms with van der Waals surface area (Å²) in [6.07, 6.45) is 4.50. The van der Waals surface area contributed by atoms with E-state index in [0.29, 0.717) is 48.1 Å². The average molecular weight is 527 g/mol. The molecule has 5 rings (SSSR count). The van der Waals surface area contributed by atoms with E-state index in [1.54, 1.807) is 30.3 Å². The molecule has 0 bridgehead atoms. The molecule has 2 amide bonds. The molecule has 196 valence electrons. The van der Waals surface area contributed by atoms with E-state index < -0.39 is 6.04 Å². The molecule has 8 nitrogen and oxygen atoms in total. The van der Waals surface area contributed by atoms with Gasteiger partial charge in [0, 0.05) is 37.4 Å². The molecular formula is C27H31FN4O4S. The summed E-state index contributed by atoms with van der Waals surface area (Å²) < 4.78 is 24.0. The van der Waals surface area contributed by atoms with Crippen LogP contribution in [-0.4, -0.2) is 65.7 Å². The zero-order chi connectivity index (χ0) is 25.8. The number of hydrogen-bond donors (Lipinski definition) is 2. The molecule has 0 saturated carbocycles. The van der Waals surface area contributed by atoms with Crippen LogP contribution in [0.3, 0.4) is 0 Å². The van der Waals surface area contributed by atoms with Crippen molar-refractivity contribution in [3.05, 3.63) is 53.8 Å².